The van der Waals surface area contributed by atoms with Crippen molar-refractivity contribution < 1.29 is 24.0 Å². The number of Topliss-reactive ketones (excluding diaryl/α,β-unsaturated/α-hetero) is 1. The molecule has 1 heterocycles. The monoisotopic (exact) mass is 340 g/mol. The van der Waals surface area contributed by atoms with Crippen LogP contribution < -0.4 is 5.32 Å². The van der Waals surface area contributed by atoms with Gasteiger partial charge in [0.05, 0.1) is 17.0 Å². The molecule has 1 aliphatic carbocycles. The van der Waals surface area contributed by atoms with Crippen molar-refractivity contribution in [1.82, 2.24) is 0 Å². The number of hydrogen-bond donors (Lipinski definition) is 1. The van der Waals surface area contributed by atoms with E-state index in [9.17, 15) is 24.5 Å². The van der Waals surface area contributed by atoms with E-state index in [1.165, 1.54) is 6.92 Å². The lowest BCUT2D eigenvalue weighted by Crippen LogP contribution is -2.19. The fourth-order valence-corrected chi connectivity index (χ4v) is 3.38. The molecule has 1 aliphatic rings. The number of nitrogens with zero attached hydrogens (tertiary/aromatic N) is 1. The zero-order valence-corrected chi connectivity index (χ0v) is 13.7. The normalized spacial score (nSPS) is 19.1. The van der Waals surface area contributed by atoms with Gasteiger partial charge in [-0.15, -0.1) is 11.3 Å². The first-order valence-corrected chi connectivity index (χ1v) is 7.85. The zero-order chi connectivity index (χ0) is 17.3. The van der Waals surface area contributed by atoms with Crippen molar-refractivity contribution >= 4 is 34.0 Å². The van der Waals surface area contributed by atoms with Gasteiger partial charge in [0, 0.05) is 11.3 Å². The molecule has 0 unspecified atom stereocenters. The second kappa shape index (κ2) is 6.45. The lowest BCUT2D eigenvalue weighted by Gasteiger charge is -2.06. The first kappa shape index (κ1) is 17.1. The van der Waals surface area contributed by atoms with Gasteiger partial charge in [0.2, 0.25) is 11.9 Å². The number of carbonyl (C=O) groups is 3. The van der Waals surface area contributed by atoms with Gasteiger partial charge in [-0.3, -0.25) is 19.7 Å². The number of ether oxygens (including phenoxy) is 1. The van der Waals surface area contributed by atoms with E-state index in [1.807, 2.05) is 0 Å². The molecular formula is C14H16N2O6S. The zero-order valence-electron chi connectivity index (χ0n) is 12.9. The van der Waals surface area contributed by atoms with Gasteiger partial charge in [0.1, 0.15) is 10.9 Å². The number of nitrogens with one attached hydrogen (secondary N) is 1. The molecule has 1 fully saturated rings. The van der Waals surface area contributed by atoms with Crippen molar-refractivity contribution in [2.75, 3.05) is 11.9 Å². The highest BCUT2D eigenvalue weighted by molar-refractivity contribution is 7.18. The molecule has 23 heavy (non-hydrogen) atoms. The van der Waals surface area contributed by atoms with Crippen LogP contribution in [-0.4, -0.2) is 35.2 Å². The third-order valence-electron chi connectivity index (χ3n) is 3.55. The Morgan fingerprint density at radius 1 is 1.43 bits per heavy atom. The van der Waals surface area contributed by atoms with Crippen LogP contribution in [0, 0.1) is 23.0 Å². The van der Waals surface area contributed by atoms with Crippen molar-refractivity contribution in [3.05, 3.63) is 26.1 Å². The Kier molecular flexibility index (Phi) is 4.79. The summed E-state index contributed by atoms with van der Waals surface area (Å²) in [5.41, 5.74) is 0.576. The van der Waals surface area contributed by atoms with E-state index in [-0.39, 0.29) is 29.4 Å². The van der Waals surface area contributed by atoms with Crippen molar-refractivity contribution in [3.8, 4) is 0 Å². The number of esters is 1. The predicted molar refractivity (Wildman–Crippen MR) is 82.5 cm³/mol. The number of ketones is 1. The highest BCUT2D eigenvalue weighted by Gasteiger charge is 2.53. The maximum Gasteiger partial charge on any atom is 0.341 e. The minimum absolute atomic E-state index is 0.133. The van der Waals surface area contributed by atoms with Gasteiger partial charge in [-0.2, -0.15) is 0 Å². The highest BCUT2D eigenvalue weighted by Crippen LogP contribution is 2.38. The van der Waals surface area contributed by atoms with Crippen LogP contribution in [0.1, 0.15) is 45.9 Å². The lowest BCUT2D eigenvalue weighted by molar-refractivity contribution is -0.497. The van der Waals surface area contributed by atoms with Gasteiger partial charge >= 0.3 is 5.97 Å². The smallest absolute Gasteiger partial charge is 0.341 e. The molecular weight excluding hydrogens is 324 g/mol. The molecule has 8 nitrogen and oxygen atoms in total. The van der Waals surface area contributed by atoms with Crippen LogP contribution in [0.3, 0.4) is 0 Å². The van der Waals surface area contributed by atoms with Gasteiger partial charge in [-0.1, -0.05) is 0 Å². The van der Waals surface area contributed by atoms with E-state index >= 15 is 0 Å². The quantitative estimate of drug-likeness (QED) is 0.367. The number of anilines is 1. The molecule has 0 aliphatic heterocycles. The standard InChI is InChI=1S/C14H16N2O6S/c1-4-22-14(19)10-6(2)11(7(3)17)23-13(10)15-12(18)8-5-9(8)16(20)21/h8-9H,4-5H2,1-3H3,(H,15,18)/t8-,9+/m1/s1. The number of hydrogen-bond acceptors (Lipinski definition) is 7. The first-order valence-electron chi connectivity index (χ1n) is 7.03. The summed E-state index contributed by atoms with van der Waals surface area (Å²) in [7, 11) is 0. The van der Waals surface area contributed by atoms with Crippen LogP contribution in [-0.2, 0) is 9.53 Å². The summed E-state index contributed by atoms with van der Waals surface area (Å²) in [4.78, 5) is 46.3. The third-order valence-corrected chi connectivity index (χ3v) is 4.86. The van der Waals surface area contributed by atoms with Crippen LogP contribution in [0.5, 0.6) is 0 Å². The summed E-state index contributed by atoms with van der Waals surface area (Å²) in [5, 5.41) is 13.4. The summed E-state index contributed by atoms with van der Waals surface area (Å²) in [5.74, 6) is -2.09. The fraction of sp³-hybridized carbons (Fsp3) is 0.500. The van der Waals surface area contributed by atoms with Gasteiger partial charge in [0.25, 0.3) is 0 Å². The molecule has 124 valence electrons. The van der Waals surface area contributed by atoms with Crippen LogP contribution >= 0.6 is 11.3 Å². The Bertz CT molecular complexity index is 696. The summed E-state index contributed by atoms with van der Waals surface area (Å²) in [6, 6.07) is -0.880. The number of thiophene rings is 1. The molecule has 1 aromatic rings. The lowest BCUT2D eigenvalue weighted by atomic mass is 10.1. The van der Waals surface area contributed by atoms with E-state index in [1.54, 1.807) is 13.8 Å². The van der Waals surface area contributed by atoms with Gasteiger partial charge in [-0.05, 0) is 26.3 Å². The average Bonchev–Trinajstić information content (AvgIpc) is 3.19. The van der Waals surface area contributed by atoms with Crippen LogP contribution in [0.2, 0.25) is 0 Å². The van der Waals surface area contributed by atoms with Crippen LogP contribution in [0.25, 0.3) is 0 Å². The van der Waals surface area contributed by atoms with E-state index in [0.29, 0.717) is 10.4 Å². The Morgan fingerprint density at radius 3 is 2.57 bits per heavy atom. The maximum atomic E-state index is 12.1. The van der Waals surface area contributed by atoms with E-state index in [2.05, 4.69) is 5.32 Å². The SMILES string of the molecule is CCOC(=O)c1c(NC(=O)[C@@H]2C[C@@H]2[N+](=O)[O-])sc(C(C)=O)c1C. The second-order valence-corrected chi connectivity index (χ2v) is 6.24. The number of rotatable bonds is 6. The van der Waals surface area contributed by atoms with E-state index in [4.69, 9.17) is 4.74 Å². The first-order chi connectivity index (χ1) is 10.8. The molecule has 2 rings (SSSR count). The molecule has 2 atom stereocenters. The van der Waals surface area contributed by atoms with Gasteiger partial charge < -0.3 is 10.1 Å². The van der Waals surface area contributed by atoms with Gasteiger partial charge in [0.15, 0.2) is 5.78 Å². The molecule has 0 bridgehead atoms. The van der Waals surface area contributed by atoms with Crippen molar-refractivity contribution in [1.29, 1.82) is 0 Å². The topological polar surface area (TPSA) is 116 Å². The average molecular weight is 340 g/mol. The summed E-state index contributed by atoms with van der Waals surface area (Å²) in [6.07, 6.45) is 0.178. The Hall–Kier alpha value is -2.29. The van der Waals surface area contributed by atoms with Crippen molar-refractivity contribution in [2.45, 2.75) is 33.2 Å². The highest BCUT2D eigenvalue weighted by atomic mass is 32.1. The Labute approximate surface area is 136 Å². The minimum Gasteiger partial charge on any atom is -0.462 e. The Morgan fingerprint density at radius 2 is 2.09 bits per heavy atom. The molecule has 1 N–H and O–H groups in total. The molecule has 0 spiro atoms. The predicted octanol–water partition coefficient (Wildman–Crippen LogP) is 2.04. The fourth-order valence-electron chi connectivity index (χ4n) is 2.29. The number of amides is 1. The molecule has 0 radical (unpaired) electrons. The largest absolute Gasteiger partial charge is 0.462 e. The molecule has 1 saturated carbocycles. The van der Waals surface area contributed by atoms with E-state index < -0.39 is 28.8 Å². The minimum atomic E-state index is -0.880. The summed E-state index contributed by atoms with van der Waals surface area (Å²) in [6.45, 7) is 4.77. The van der Waals surface area contributed by atoms with Crippen molar-refractivity contribution in [2.24, 2.45) is 5.92 Å². The molecule has 9 heteroatoms. The van der Waals surface area contributed by atoms with Crippen LogP contribution in [0.4, 0.5) is 5.00 Å². The molecule has 1 aromatic heterocycles. The van der Waals surface area contributed by atoms with Crippen LogP contribution in [0.15, 0.2) is 0 Å². The number of carbonyl (C=O) groups excluding carboxylic acids is 3. The molecule has 0 saturated heterocycles. The van der Waals surface area contributed by atoms with Crippen molar-refractivity contribution in [3.63, 3.8) is 0 Å². The maximum absolute atomic E-state index is 12.1. The summed E-state index contributed by atoms with van der Waals surface area (Å²) < 4.78 is 4.96. The third kappa shape index (κ3) is 3.39. The summed E-state index contributed by atoms with van der Waals surface area (Å²) >= 11 is 0.979. The number of nitro groups is 1. The van der Waals surface area contributed by atoms with E-state index in [0.717, 1.165) is 11.3 Å². The molecule has 0 aromatic carbocycles. The Balaban J connectivity index is 2.28. The van der Waals surface area contributed by atoms with Gasteiger partial charge in [-0.25, -0.2) is 4.79 Å². The second-order valence-electron chi connectivity index (χ2n) is 5.22. The molecule has 1 amide bonds.